The molecule has 0 spiro atoms. The molecule has 24 heavy (non-hydrogen) atoms. The van der Waals surface area contributed by atoms with Gasteiger partial charge < -0.3 is 14.2 Å². The summed E-state index contributed by atoms with van der Waals surface area (Å²) in [6.07, 6.45) is 4.49. The monoisotopic (exact) mass is 409 g/mol. The molecule has 1 aromatic carbocycles. The van der Waals surface area contributed by atoms with Crippen LogP contribution in [0.5, 0.6) is 11.5 Å². The molecule has 5 nitrogen and oxygen atoms in total. The number of carbonyl (C=O) groups excluding carboxylic acids is 1. The van der Waals surface area contributed by atoms with Crippen molar-refractivity contribution in [2.24, 2.45) is 0 Å². The van der Waals surface area contributed by atoms with E-state index in [4.69, 9.17) is 60.6 Å². The van der Waals surface area contributed by atoms with Gasteiger partial charge in [0, 0.05) is 0 Å². The van der Waals surface area contributed by atoms with Gasteiger partial charge in [0.05, 0.1) is 16.7 Å². The van der Waals surface area contributed by atoms with Crippen molar-refractivity contribution in [1.82, 2.24) is 4.90 Å². The summed E-state index contributed by atoms with van der Waals surface area (Å²) in [5.74, 6) is 0.218. The predicted octanol–water partition coefficient (Wildman–Crippen LogP) is 5.31. The molecule has 3 rings (SSSR count). The highest BCUT2D eigenvalue weighted by molar-refractivity contribution is 6.53. The molecule has 2 unspecified atom stereocenters. The first-order chi connectivity index (χ1) is 11.5. The molecule has 0 aliphatic carbocycles. The number of hydrogen-bond donors (Lipinski definition) is 0. The standard InChI is InChI=1S/C15H11Cl4NO4/c1-2-22-15(21)20-7-5-3-4-6-8(20)24-14-12(19)10(17)9(16)11(18)13(14)23-7/h3-8H,2H2,1H3. The second-order valence-electron chi connectivity index (χ2n) is 4.81. The maximum absolute atomic E-state index is 12.3. The molecule has 9 heteroatoms. The number of allylic oxidation sites excluding steroid dienone is 2. The Hall–Kier alpha value is -1.27. The van der Waals surface area contributed by atoms with Gasteiger partial charge in [-0.3, -0.25) is 0 Å². The van der Waals surface area contributed by atoms with Crippen LogP contribution in [-0.4, -0.2) is 30.1 Å². The molecule has 2 bridgehead atoms. The Morgan fingerprint density at radius 1 is 1.00 bits per heavy atom. The lowest BCUT2D eigenvalue weighted by Crippen LogP contribution is -2.49. The Bertz CT molecular complexity index is 697. The lowest BCUT2D eigenvalue weighted by molar-refractivity contribution is -0.00902. The highest BCUT2D eigenvalue weighted by Crippen LogP contribution is 2.52. The number of hydrogen-bond acceptors (Lipinski definition) is 4. The second-order valence-corrected chi connectivity index (χ2v) is 6.32. The molecular formula is C15H11Cl4NO4. The van der Waals surface area contributed by atoms with Gasteiger partial charge in [0.25, 0.3) is 0 Å². The fraction of sp³-hybridized carbons (Fsp3) is 0.267. The molecule has 2 atom stereocenters. The minimum absolute atomic E-state index is 0.0437. The van der Waals surface area contributed by atoms with E-state index in [9.17, 15) is 4.79 Å². The van der Waals surface area contributed by atoms with E-state index < -0.39 is 18.5 Å². The van der Waals surface area contributed by atoms with Gasteiger partial charge in [-0.05, 0) is 19.1 Å². The SMILES string of the molecule is CCOC(=O)N1C2C=CC=CC1Oc1c(Cl)c(Cl)c(Cl)c(Cl)c1O2. The number of benzene rings is 1. The molecule has 0 fully saturated rings. The fourth-order valence-electron chi connectivity index (χ4n) is 2.29. The van der Waals surface area contributed by atoms with Crippen molar-refractivity contribution in [3.63, 3.8) is 0 Å². The van der Waals surface area contributed by atoms with Gasteiger partial charge >= 0.3 is 6.09 Å². The second kappa shape index (κ2) is 6.92. The van der Waals surface area contributed by atoms with E-state index in [0.717, 1.165) is 0 Å². The highest BCUT2D eigenvalue weighted by Gasteiger charge is 2.39. The van der Waals surface area contributed by atoms with E-state index in [-0.39, 0.29) is 38.2 Å². The van der Waals surface area contributed by atoms with Crippen molar-refractivity contribution in [2.75, 3.05) is 6.61 Å². The maximum atomic E-state index is 12.3. The Morgan fingerprint density at radius 2 is 1.46 bits per heavy atom. The minimum atomic E-state index is -0.823. The van der Waals surface area contributed by atoms with Crippen LogP contribution in [-0.2, 0) is 4.74 Å². The third kappa shape index (κ3) is 2.90. The van der Waals surface area contributed by atoms with Crippen molar-refractivity contribution >= 4 is 52.5 Å². The van der Waals surface area contributed by atoms with Crippen LogP contribution in [0.2, 0.25) is 20.1 Å². The largest absolute Gasteiger partial charge is 0.461 e. The summed E-state index contributed by atoms with van der Waals surface area (Å²) < 4.78 is 16.8. The Morgan fingerprint density at radius 3 is 1.88 bits per heavy atom. The molecule has 0 radical (unpaired) electrons. The molecule has 2 aliphatic rings. The fourth-order valence-corrected chi connectivity index (χ4v) is 3.20. The summed E-state index contributed by atoms with van der Waals surface area (Å²) in [6, 6.07) is 0. The first-order valence-electron chi connectivity index (χ1n) is 6.95. The number of fused-ring (bicyclic) bond motifs is 3. The van der Waals surface area contributed by atoms with Crippen LogP contribution in [0.3, 0.4) is 0 Å². The van der Waals surface area contributed by atoms with E-state index in [1.807, 2.05) is 0 Å². The molecule has 0 saturated carbocycles. The number of ether oxygens (including phenoxy) is 3. The zero-order valence-electron chi connectivity index (χ0n) is 12.3. The van der Waals surface area contributed by atoms with E-state index >= 15 is 0 Å². The summed E-state index contributed by atoms with van der Waals surface area (Å²) in [5, 5.41) is 0.186. The predicted molar refractivity (Wildman–Crippen MR) is 92.5 cm³/mol. The van der Waals surface area contributed by atoms with Gasteiger partial charge in [-0.15, -0.1) is 0 Å². The molecule has 2 heterocycles. The molecule has 1 amide bonds. The van der Waals surface area contributed by atoms with Crippen molar-refractivity contribution in [1.29, 1.82) is 0 Å². The Kier molecular flexibility index (Phi) is 5.06. The number of amides is 1. The third-order valence-electron chi connectivity index (χ3n) is 3.35. The maximum Gasteiger partial charge on any atom is 0.416 e. The van der Waals surface area contributed by atoms with Crippen LogP contribution in [0.4, 0.5) is 4.79 Å². The topological polar surface area (TPSA) is 48.0 Å². The molecule has 0 aromatic heterocycles. The molecule has 0 saturated heterocycles. The summed E-state index contributed by atoms with van der Waals surface area (Å²) in [4.78, 5) is 13.6. The van der Waals surface area contributed by atoms with Crippen molar-refractivity contribution in [2.45, 2.75) is 19.4 Å². The van der Waals surface area contributed by atoms with Crippen LogP contribution in [0, 0.1) is 0 Å². The molecule has 1 aromatic rings. The van der Waals surface area contributed by atoms with Crippen LogP contribution in [0.25, 0.3) is 0 Å². The number of halogens is 4. The van der Waals surface area contributed by atoms with E-state index in [0.29, 0.717) is 0 Å². The van der Waals surface area contributed by atoms with Crippen LogP contribution in [0.1, 0.15) is 6.92 Å². The highest BCUT2D eigenvalue weighted by atomic mass is 35.5. The molecule has 0 N–H and O–H groups in total. The molecule has 128 valence electrons. The quantitative estimate of drug-likeness (QED) is 0.465. The summed E-state index contributed by atoms with van der Waals surface area (Å²) in [7, 11) is 0. The summed E-state index contributed by atoms with van der Waals surface area (Å²) in [6.45, 7) is 1.91. The number of carbonyl (C=O) groups is 1. The third-order valence-corrected chi connectivity index (χ3v) is 5.12. The Balaban J connectivity index is 2.14. The van der Waals surface area contributed by atoms with Gasteiger partial charge in [-0.2, -0.15) is 0 Å². The number of rotatable bonds is 1. The lowest BCUT2D eigenvalue weighted by atomic mass is 10.3. The van der Waals surface area contributed by atoms with Crippen LogP contribution < -0.4 is 9.47 Å². The first-order valence-corrected chi connectivity index (χ1v) is 8.46. The lowest BCUT2D eigenvalue weighted by Gasteiger charge is -2.29. The van der Waals surface area contributed by atoms with Crippen molar-refractivity contribution < 1.29 is 19.0 Å². The zero-order chi connectivity index (χ0) is 17.4. The van der Waals surface area contributed by atoms with Gasteiger partial charge in [0.15, 0.2) is 11.5 Å². The zero-order valence-corrected chi connectivity index (χ0v) is 15.3. The van der Waals surface area contributed by atoms with Gasteiger partial charge in [0.2, 0.25) is 12.5 Å². The van der Waals surface area contributed by atoms with Crippen molar-refractivity contribution in [3.05, 3.63) is 44.4 Å². The van der Waals surface area contributed by atoms with Crippen LogP contribution in [0.15, 0.2) is 24.3 Å². The molecule has 2 aliphatic heterocycles. The van der Waals surface area contributed by atoms with Crippen LogP contribution >= 0.6 is 46.4 Å². The summed E-state index contributed by atoms with van der Waals surface area (Å²) in [5.41, 5.74) is 0. The van der Waals surface area contributed by atoms with E-state index in [1.165, 1.54) is 4.90 Å². The van der Waals surface area contributed by atoms with E-state index in [1.54, 1.807) is 31.2 Å². The molecular weight excluding hydrogens is 400 g/mol. The van der Waals surface area contributed by atoms with Gasteiger partial charge in [-0.25, -0.2) is 9.69 Å². The van der Waals surface area contributed by atoms with Crippen molar-refractivity contribution in [3.8, 4) is 11.5 Å². The summed E-state index contributed by atoms with van der Waals surface area (Å²) >= 11 is 24.6. The minimum Gasteiger partial charge on any atom is -0.461 e. The first kappa shape index (κ1) is 17.5. The van der Waals surface area contributed by atoms with Gasteiger partial charge in [-0.1, -0.05) is 58.6 Å². The Labute approximate surface area is 158 Å². The normalized spacial score (nSPS) is 21.3. The number of nitrogens with zero attached hydrogens (tertiary/aromatic N) is 1. The smallest absolute Gasteiger partial charge is 0.416 e. The average Bonchev–Trinajstić information content (AvgIpc) is 2.86. The van der Waals surface area contributed by atoms with E-state index in [2.05, 4.69) is 0 Å². The van der Waals surface area contributed by atoms with Gasteiger partial charge in [0.1, 0.15) is 10.0 Å². The average molecular weight is 411 g/mol.